The molecule has 0 aliphatic heterocycles. The Morgan fingerprint density at radius 3 is 2.67 bits per heavy atom. The molecule has 0 aromatic rings. The van der Waals surface area contributed by atoms with Gasteiger partial charge in [-0.25, -0.2) is 0 Å². The lowest BCUT2D eigenvalue weighted by atomic mass is 10.2. The molecule has 0 bridgehead atoms. The van der Waals surface area contributed by atoms with Gasteiger partial charge in [0, 0.05) is 24.7 Å². The van der Waals surface area contributed by atoms with Gasteiger partial charge in [0.05, 0.1) is 6.61 Å². The van der Waals surface area contributed by atoms with Gasteiger partial charge in [-0.1, -0.05) is 0 Å². The molecule has 1 N–H and O–H groups in total. The molecule has 3 unspecified atom stereocenters. The van der Waals surface area contributed by atoms with E-state index in [0.717, 1.165) is 19.3 Å². The van der Waals surface area contributed by atoms with E-state index in [-0.39, 0.29) is 0 Å². The van der Waals surface area contributed by atoms with Gasteiger partial charge in [-0.2, -0.15) is 0 Å². The van der Waals surface area contributed by atoms with Gasteiger partial charge in [0.15, 0.2) is 0 Å². The Labute approximate surface area is 94.2 Å². The largest absolute Gasteiger partial charge is 0.380 e. The summed E-state index contributed by atoms with van der Waals surface area (Å²) in [7, 11) is 4.35. The quantitative estimate of drug-likeness (QED) is 0.725. The molecule has 0 aromatic carbocycles. The molecular formula is C12H26N2O. The highest BCUT2D eigenvalue weighted by Gasteiger charge is 2.26. The molecule has 90 valence electrons. The van der Waals surface area contributed by atoms with Crippen LogP contribution in [0.15, 0.2) is 0 Å². The van der Waals surface area contributed by atoms with Gasteiger partial charge in [0.25, 0.3) is 0 Å². The summed E-state index contributed by atoms with van der Waals surface area (Å²) in [6, 6.07) is 1.94. The predicted molar refractivity (Wildman–Crippen MR) is 64.2 cm³/mol. The third kappa shape index (κ3) is 4.49. The highest BCUT2D eigenvalue weighted by molar-refractivity contribution is 4.86. The van der Waals surface area contributed by atoms with Crippen LogP contribution in [0, 0.1) is 0 Å². The van der Waals surface area contributed by atoms with E-state index in [1.165, 1.54) is 19.3 Å². The van der Waals surface area contributed by atoms with Crippen LogP contribution in [0.4, 0.5) is 0 Å². The molecule has 0 amide bonds. The maximum atomic E-state index is 5.41. The average Bonchev–Trinajstić information content (AvgIpc) is 2.63. The molecule has 3 nitrogen and oxygen atoms in total. The molecule has 0 radical (unpaired) electrons. The van der Waals surface area contributed by atoms with Crippen molar-refractivity contribution >= 4 is 0 Å². The number of nitrogens with zero attached hydrogens (tertiary/aromatic N) is 1. The van der Waals surface area contributed by atoms with Crippen LogP contribution in [0.1, 0.15) is 33.1 Å². The van der Waals surface area contributed by atoms with Gasteiger partial charge in [-0.15, -0.1) is 0 Å². The minimum Gasteiger partial charge on any atom is -0.380 e. The van der Waals surface area contributed by atoms with Crippen molar-refractivity contribution in [3.63, 3.8) is 0 Å². The van der Waals surface area contributed by atoms with Crippen molar-refractivity contribution in [3.8, 4) is 0 Å². The summed E-state index contributed by atoms with van der Waals surface area (Å²) in [6.45, 7) is 5.90. The second-order valence-corrected chi connectivity index (χ2v) is 4.85. The van der Waals surface area contributed by atoms with E-state index in [1.54, 1.807) is 0 Å². The molecule has 15 heavy (non-hydrogen) atoms. The monoisotopic (exact) mass is 214 g/mol. The maximum Gasteiger partial charge on any atom is 0.0616 e. The topological polar surface area (TPSA) is 24.5 Å². The first-order chi connectivity index (χ1) is 7.13. The normalized spacial score (nSPS) is 28.6. The molecule has 3 atom stereocenters. The van der Waals surface area contributed by atoms with Crippen molar-refractivity contribution < 1.29 is 4.74 Å². The summed E-state index contributed by atoms with van der Waals surface area (Å²) in [5, 5.41) is 3.65. The highest BCUT2D eigenvalue weighted by atomic mass is 16.5. The number of rotatable bonds is 6. The van der Waals surface area contributed by atoms with Crippen LogP contribution in [0.25, 0.3) is 0 Å². The second kappa shape index (κ2) is 6.46. The SMILES string of the molecule is CCOCC(C)NC1CCC(N(C)C)C1. The van der Waals surface area contributed by atoms with Crippen LogP contribution < -0.4 is 5.32 Å². The summed E-state index contributed by atoms with van der Waals surface area (Å²) in [5.41, 5.74) is 0. The zero-order valence-electron chi connectivity index (χ0n) is 10.6. The standard InChI is InChI=1S/C12H26N2O/c1-5-15-9-10(2)13-11-6-7-12(8-11)14(3)4/h10-13H,5-9H2,1-4H3. The first-order valence-corrected chi connectivity index (χ1v) is 6.13. The van der Waals surface area contributed by atoms with Gasteiger partial charge < -0.3 is 15.0 Å². The number of ether oxygens (including phenoxy) is 1. The summed E-state index contributed by atoms with van der Waals surface area (Å²) < 4.78 is 5.41. The molecule has 0 spiro atoms. The molecule has 1 rings (SSSR count). The molecule has 1 aliphatic carbocycles. The van der Waals surface area contributed by atoms with Gasteiger partial charge in [-0.3, -0.25) is 0 Å². The van der Waals surface area contributed by atoms with E-state index in [4.69, 9.17) is 4.74 Å². The Morgan fingerprint density at radius 2 is 2.13 bits per heavy atom. The lowest BCUT2D eigenvalue weighted by molar-refractivity contribution is 0.123. The highest BCUT2D eigenvalue weighted by Crippen LogP contribution is 2.22. The average molecular weight is 214 g/mol. The summed E-state index contributed by atoms with van der Waals surface area (Å²) in [4.78, 5) is 2.34. The summed E-state index contributed by atoms with van der Waals surface area (Å²) in [6.07, 6.45) is 3.91. The van der Waals surface area contributed by atoms with E-state index >= 15 is 0 Å². The number of nitrogens with one attached hydrogen (secondary N) is 1. The van der Waals surface area contributed by atoms with Crippen molar-refractivity contribution in [2.24, 2.45) is 0 Å². The van der Waals surface area contributed by atoms with Gasteiger partial charge in [-0.05, 0) is 47.2 Å². The Bertz CT molecular complexity index is 173. The minimum atomic E-state index is 0.482. The van der Waals surface area contributed by atoms with Crippen LogP contribution in [0.5, 0.6) is 0 Å². The number of hydrogen-bond acceptors (Lipinski definition) is 3. The fourth-order valence-corrected chi connectivity index (χ4v) is 2.32. The zero-order chi connectivity index (χ0) is 11.3. The van der Waals surface area contributed by atoms with Crippen molar-refractivity contribution in [3.05, 3.63) is 0 Å². The van der Waals surface area contributed by atoms with Gasteiger partial charge in [0.1, 0.15) is 0 Å². The van der Waals surface area contributed by atoms with Crippen molar-refractivity contribution in [1.82, 2.24) is 10.2 Å². The number of hydrogen-bond donors (Lipinski definition) is 1. The smallest absolute Gasteiger partial charge is 0.0616 e. The molecule has 1 fully saturated rings. The van der Waals surface area contributed by atoms with Crippen LogP contribution >= 0.6 is 0 Å². The molecule has 1 aliphatic rings. The zero-order valence-corrected chi connectivity index (χ0v) is 10.6. The van der Waals surface area contributed by atoms with Crippen LogP contribution in [-0.4, -0.2) is 50.3 Å². The molecule has 1 saturated carbocycles. The Morgan fingerprint density at radius 1 is 1.40 bits per heavy atom. The lowest BCUT2D eigenvalue weighted by Gasteiger charge is -2.21. The van der Waals surface area contributed by atoms with E-state index in [1.807, 2.05) is 6.92 Å². The van der Waals surface area contributed by atoms with Crippen molar-refractivity contribution in [1.29, 1.82) is 0 Å². The van der Waals surface area contributed by atoms with E-state index in [9.17, 15) is 0 Å². The third-order valence-corrected chi connectivity index (χ3v) is 3.23. The third-order valence-electron chi connectivity index (χ3n) is 3.23. The van der Waals surface area contributed by atoms with E-state index in [0.29, 0.717) is 12.1 Å². The lowest BCUT2D eigenvalue weighted by Crippen LogP contribution is -2.39. The Kier molecular flexibility index (Phi) is 5.58. The fraction of sp³-hybridized carbons (Fsp3) is 1.00. The van der Waals surface area contributed by atoms with Crippen molar-refractivity contribution in [2.45, 2.75) is 51.2 Å². The predicted octanol–water partition coefficient (Wildman–Crippen LogP) is 1.48. The van der Waals surface area contributed by atoms with Gasteiger partial charge >= 0.3 is 0 Å². The van der Waals surface area contributed by atoms with E-state index < -0.39 is 0 Å². The molecule has 0 heterocycles. The summed E-state index contributed by atoms with van der Waals surface area (Å²) in [5.74, 6) is 0. The first-order valence-electron chi connectivity index (χ1n) is 6.13. The first kappa shape index (κ1) is 12.9. The van der Waals surface area contributed by atoms with Crippen LogP contribution in [0.3, 0.4) is 0 Å². The summed E-state index contributed by atoms with van der Waals surface area (Å²) >= 11 is 0. The Balaban J connectivity index is 2.17. The minimum absolute atomic E-state index is 0.482. The maximum absolute atomic E-state index is 5.41. The molecule has 0 aromatic heterocycles. The van der Waals surface area contributed by atoms with Crippen molar-refractivity contribution in [2.75, 3.05) is 27.3 Å². The van der Waals surface area contributed by atoms with Crippen LogP contribution in [0.2, 0.25) is 0 Å². The van der Waals surface area contributed by atoms with E-state index in [2.05, 4.69) is 31.2 Å². The Hall–Kier alpha value is -0.120. The second-order valence-electron chi connectivity index (χ2n) is 4.85. The molecule has 3 heteroatoms. The van der Waals surface area contributed by atoms with Gasteiger partial charge in [0.2, 0.25) is 0 Å². The molecule has 0 saturated heterocycles. The van der Waals surface area contributed by atoms with Crippen LogP contribution in [-0.2, 0) is 4.74 Å². The fourth-order valence-electron chi connectivity index (χ4n) is 2.32. The molecular weight excluding hydrogens is 188 g/mol.